The molecule has 0 spiro atoms. The van der Waals surface area contributed by atoms with Crippen molar-refractivity contribution in [2.75, 3.05) is 13.7 Å². The second-order valence-corrected chi connectivity index (χ2v) is 5.75. The lowest BCUT2D eigenvalue weighted by Gasteiger charge is -2.23. The zero-order valence-corrected chi connectivity index (χ0v) is 12.7. The van der Waals surface area contributed by atoms with E-state index in [4.69, 9.17) is 5.11 Å². The normalized spacial score (nSPS) is 12.0. The van der Waals surface area contributed by atoms with Gasteiger partial charge in [-0.15, -0.1) is 11.3 Å². The third kappa shape index (κ3) is 3.94. The maximum Gasteiger partial charge on any atom is 0.104 e. The van der Waals surface area contributed by atoms with Crippen molar-refractivity contribution in [1.82, 2.24) is 4.90 Å². The van der Waals surface area contributed by atoms with E-state index in [-0.39, 0.29) is 6.61 Å². The van der Waals surface area contributed by atoms with E-state index in [0.29, 0.717) is 6.04 Å². The molecule has 0 aliphatic rings. The van der Waals surface area contributed by atoms with Crippen LogP contribution in [0.4, 0.5) is 0 Å². The molecule has 0 aliphatic heterocycles. The number of rotatable bonds is 4. The summed E-state index contributed by atoms with van der Waals surface area (Å²) in [6, 6.07) is 12.9. The monoisotopic (exact) mass is 285 g/mol. The molecule has 1 aromatic heterocycles. The van der Waals surface area contributed by atoms with Gasteiger partial charge in [-0.25, -0.2) is 0 Å². The minimum atomic E-state index is -0.0977. The standard InChI is InChI=1S/C17H19NOS/c1-14(17-9-5-11-20-17)18(2)13-16-7-3-6-15(12-16)8-4-10-19/h3,5-7,9,11-12,14,19H,10,13H2,1-2H3. The Hall–Kier alpha value is -1.60. The summed E-state index contributed by atoms with van der Waals surface area (Å²) >= 11 is 1.79. The van der Waals surface area contributed by atoms with Crippen LogP contribution in [0.1, 0.15) is 29.0 Å². The fourth-order valence-electron chi connectivity index (χ4n) is 2.06. The SMILES string of the molecule is CC(c1cccs1)N(C)Cc1cccc(C#CCO)c1. The minimum Gasteiger partial charge on any atom is -0.384 e. The number of nitrogens with zero attached hydrogens (tertiary/aromatic N) is 1. The smallest absolute Gasteiger partial charge is 0.104 e. The van der Waals surface area contributed by atoms with Gasteiger partial charge in [-0.2, -0.15) is 0 Å². The van der Waals surface area contributed by atoms with Gasteiger partial charge in [0.15, 0.2) is 0 Å². The summed E-state index contributed by atoms with van der Waals surface area (Å²) in [7, 11) is 2.14. The van der Waals surface area contributed by atoms with Crippen LogP contribution in [0, 0.1) is 11.8 Å². The van der Waals surface area contributed by atoms with Gasteiger partial charge in [-0.1, -0.05) is 30.0 Å². The van der Waals surface area contributed by atoms with Gasteiger partial charge in [0.25, 0.3) is 0 Å². The van der Waals surface area contributed by atoms with E-state index in [0.717, 1.165) is 12.1 Å². The molecule has 2 aromatic rings. The molecule has 0 fully saturated rings. The first-order valence-corrected chi connectivity index (χ1v) is 7.51. The molecule has 1 unspecified atom stereocenters. The van der Waals surface area contributed by atoms with Crippen LogP contribution in [-0.2, 0) is 6.54 Å². The Morgan fingerprint density at radius 3 is 2.85 bits per heavy atom. The lowest BCUT2D eigenvalue weighted by molar-refractivity contribution is 0.256. The molecule has 3 heteroatoms. The second-order valence-electron chi connectivity index (χ2n) is 4.77. The van der Waals surface area contributed by atoms with E-state index in [2.05, 4.69) is 60.4 Å². The maximum absolute atomic E-state index is 8.74. The number of aliphatic hydroxyl groups excluding tert-OH is 1. The van der Waals surface area contributed by atoms with Crippen molar-refractivity contribution < 1.29 is 5.11 Å². The summed E-state index contributed by atoms with van der Waals surface area (Å²) in [6.45, 7) is 3.01. The van der Waals surface area contributed by atoms with Crippen molar-refractivity contribution in [2.24, 2.45) is 0 Å². The Kier molecular flexibility index (Phi) is 5.37. The van der Waals surface area contributed by atoms with E-state index < -0.39 is 0 Å². The van der Waals surface area contributed by atoms with Crippen molar-refractivity contribution >= 4 is 11.3 Å². The van der Waals surface area contributed by atoms with Crippen LogP contribution in [0.25, 0.3) is 0 Å². The molecule has 1 N–H and O–H groups in total. The molecule has 2 rings (SSSR count). The second kappa shape index (κ2) is 7.25. The third-order valence-corrected chi connectivity index (χ3v) is 4.33. The van der Waals surface area contributed by atoms with Crippen molar-refractivity contribution in [3.8, 4) is 11.8 Å². The highest BCUT2D eigenvalue weighted by Crippen LogP contribution is 2.24. The first-order valence-electron chi connectivity index (χ1n) is 6.63. The minimum absolute atomic E-state index is 0.0977. The quantitative estimate of drug-likeness (QED) is 0.871. The molecular weight excluding hydrogens is 266 g/mol. The van der Waals surface area contributed by atoms with E-state index in [1.165, 1.54) is 10.4 Å². The molecule has 0 bridgehead atoms. The molecule has 104 valence electrons. The number of hydrogen-bond donors (Lipinski definition) is 1. The summed E-state index contributed by atoms with van der Waals surface area (Å²) < 4.78 is 0. The molecule has 1 heterocycles. The van der Waals surface area contributed by atoms with Crippen LogP contribution in [0.2, 0.25) is 0 Å². The number of thiophene rings is 1. The molecule has 0 amide bonds. The van der Waals surface area contributed by atoms with Crippen LogP contribution in [0.3, 0.4) is 0 Å². The van der Waals surface area contributed by atoms with Crippen molar-refractivity contribution in [3.63, 3.8) is 0 Å². The highest BCUT2D eigenvalue weighted by atomic mass is 32.1. The Morgan fingerprint density at radius 2 is 2.15 bits per heavy atom. The van der Waals surface area contributed by atoms with Crippen LogP contribution in [-0.4, -0.2) is 23.7 Å². The largest absolute Gasteiger partial charge is 0.384 e. The molecule has 0 aliphatic carbocycles. The highest BCUT2D eigenvalue weighted by molar-refractivity contribution is 7.10. The molecular formula is C17H19NOS. The van der Waals surface area contributed by atoms with Gasteiger partial charge in [-0.3, -0.25) is 4.90 Å². The fraction of sp³-hybridized carbons (Fsp3) is 0.294. The van der Waals surface area contributed by atoms with Crippen LogP contribution < -0.4 is 0 Å². The summed E-state index contributed by atoms with van der Waals surface area (Å²) in [6.07, 6.45) is 0. The average Bonchev–Trinajstić information content (AvgIpc) is 2.98. The van der Waals surface area contributed by atoms with Gasteiger partial charge >= 0.3 is 0 Å². The fourth-order valence-corrected chi connectivity index (χ4v) is 2.91. The predicted octanol–water partition coefficient (Wildman–Crippen LogP) is 3.28. The highest BCUT2D eigenvalue weighted by Gasteiger charge is 2.12. The van der Waals surface area contributed by atoms with Crippen LogP contribution in [0.5, 0.6) is 0 Å². The predicted molar refractivity (Wildman–Crippen MR) is 84.6 cm³/mol. The van der Waals surface area contributed by atoms with E-state index in [1.807, 2.05) is 12.1 Å². The summed E-state index contributed by atoms with van der Waals surface area (Å²) in [4.78, 5) is 3.70. The van der Waals surface area contributed by atoms with Crippen LogP contribution >= 0.6 is 11.3 Å². The van der Waals surface area contributed by atoms with Gasteiger partial charge in [0.05, 0.1) is 0 Å². The molecule has 1 atom stereocenters. The van der Waals surface area contributed by atoms with Gasteiger partial charge in [0.2, 0.25) is 0 Å². The number of aliphatic hydroxyl groups is 1. The van der Waals surface area contributed by atoms with Gasteiger partial charge in [0, 0.05) is 23.0 Å². The lowest BCUT2D eigenvalue weighted by atomic mass is 10.1. The average molecular weight is 285 g/mol. The van der Waals surface area contributed by atoms with Crippen molar-refractivity contribution in [3.05, 3.63) is 57.8 Å². The topological polar surface area (TPSA) is 23.5 Å². The molecule has 0 saturated heterocycles. The third-order valence-electron chi connectivity index (χ3n) is 3.29. The summed E-state index contributed by atoms with van der Waals surface area (Å²) in [5.41, 5.74) is 2.19. The molecule has 0 radical (unpaired) electrons. The lowest BCUT2D eigenvalue weighted by Crippen LogP contribution is -2.21. The Bertz CT molecular complexity index is 595. The van der Waals surface area contributed by atoms with Gasteiger partial charge in [-0.05, 0) is 43.1 Å². The Balaban J connectivity index is 2.06. The first kappa shape index (κ1) is 14.8. The molecule has 2 nitrogen and oxygen atoms in total. The van der Waals surface area contributed by atoms with E-state index >= 15 is 0 Å². The number of benzene rings is 1. The summed E-state index contributed by atoms with van der Waals surface area (Å²) in [5.74, 6) is 5.63. The first-order chi connectivity index (χ1) is 9.70. The summed E-state index contributed by atoms with van der Waals surface area (Å²) in [5, 5.41) is 10.9. The Labute approximate surface area is 124 Å². The van der Waals surface area contributed by atoms with E-state index in [1.54, 1.807) is 11.3 Å². The van der Waals surface area contributed by atoms with Crippen LogP contribution in [0.15, 0.2) is 41.8 Å². The zero-order valence-electron chi connectivity index (χ0n) is 11.8. The van der Waals surface area contributed by atoms with Gasteiger partial charge < -0.3 is 5.11 Å². The molecule has 0 saturated carbocycles. The van der Waals surface area contributed by atoms with E-state index in [9.17, 15) is 0 Å². The molecule has 20 heavy (non-hydrogen) atoms. The molecule has 1 aromatic carbocycles. The van der Waals surface area contributed by atoms with Gasteiger partial charge in [0.1, 0.15) is 6.61 Å². The van der Waals surface area contributed by atoms with Crippen molar-refractivity contribution in [1.29, 1.82) is 0 Å². The van der Waals surface area contributed by atoms with Crippen molar-refractivity contribution in [2.45, 2.75) is 19.5 Å². The number of hydrogen-bond acceptors (Lipinski definition) is 3. The zero-order chi connectivity index (χ0) is 14.4. The Morgan fingerprint density at radius 1 is 1.30 bits per heavy atom. The maximum atomic E-state index is 8.74.